The number of aryl methyl sites for hydroxylation is 3. The smallest absolute Gasteiger partial charge is 0.202 e. The summed E-state index contributed by atoms with van der Waals surface area (Å²) in [5.41, 5.74) is 11.9. The van der Waals surface area contributed by atoms with Crippen LogP contribution in [-0.2, 0) is 20.0 Å². The average molecular weight is 290 g/mol. The molecule has 0 spiro atoms. The van der Waals surface area contributed by atoms with Crippen molar-refractivity contribution in [2.24, 2.45) is 7.05 Å². The summed E-state index contributed by atoms with van der Waals surface area (Å²) in [6.07, 6.45) is 1.97. The molecular formula is C13H18N6S. The molecule has 3 heterocycles. The van der Waals surface area contributed by atoms with Crippen molar-refractivity contribution in [3.8, 4) is 0 Å². The van der Waals surface area contributed by atoms with Gasteiger partial charge in [0.05, 0.1) is 23.4 Å². The third-order valence-corrected chi connectivity index (χ3v) is 4.37. The lowest BCUT2D eigenvalue weighted by Crippen LogP contribution is -2.08. The van der Waals surface area contributed by atoms with Crippen molar-refractivity contribution in [1.82, 2.24) is 24.3 Å². The largest absolute Gasteiger partial charge is 0.369 e. The zero-order valence-corrected chi connectivity index (χ0v) is 12.7. The predicted molar refractivity (Wildman–Crippen MR) is 80.9 cm³/mol. The Kier molecular flexibility index (Phi) is 3.21. The number of rotatable bonds is 4. The topological polar surface area (TPSA) is 74.6 Å². The number of anilines is 1. The predicted octanol–water partition coefficient (Wildman–Crippen LogP) is 2.12. The van der Waals surface area contributed by atoms with E-state index in [1.165, 1.54) is 4.88 Å². The molecule has 20 heavy (non-hydrogen) atoms. The molecule has 3 rings (SSSR count). The van der Waals surface area contributed by atoms with Gasteiger partial charge in [0.2, 0.25) is 5.95 Å². The number of hydrogen-bond donors (Lipinski definition) is 1. The monoisotopic (exact) mass is 290 g/mol. The Morgan fingerprint density at radius 3 is 2.85 bits per heavy atom. The summed E-state index contributed by atoms with van der Waals surface area (Å²) in [6.45, 7) is 4.85. The summed E-state index contributed by atoms with van der Waals surface area (Å²) in [5.74, 6) is 0.540. The molecule has 3 aromatic rings. The minimum Gasteiger partial charge on any atom is -0.369 e. The van der Waals surface area contributed by atoms with Crippen LogP contribution in [0.15, 0.2) is 5.51 Å². The normalized spacial score (nSPS) is 11.6. The maximum atomic E-state index is 6.09. The fourth-order valence-electron chi connectivity index (χ4n) is 2.44. The van der Waals surface area contributed by atoms with Gasteiger partial charge in [-0.25, -0.2) is 9.97 Å². The van der Waals surface area contributed by atoms with Crippen LogP contribution in [0.25, 0.3) is 11.2 Å². The molecule has 0 aliphatic carbocycles. The van der Waals surface area contributed by atoms with Gasteiger partial charge < -0.3 is 5.73 Å². The first kappa shape index (κ1) is 13.1. The summed E-state index contributed by atoms with van der Waals surface area (Å²) in [4.78, 5) is 9.99. The SMILES string of the molecule is CCCc1nn(C)c2c1nc(N)n2Cc1scnc1C. The van der Waals surface area contributed by atoms with Crippen LogP contribution in [0.2, 0.25) is 0 Å². The first-order chi connectivity index (χ1) is 9.61. The lowest BCUT2D eigenvalue weighted by molar-refractivity contribution is 0.713. The summed E-state index contributed by atoms with van der Waals surface area (Å²) in [5, 5.41) is 4.56. The van der Waals surface area contributed by atoms with Gasteiger partial charge >= 0.3 is 0 Å². The van der Waals surface area contributed by atoms with Crippen LogP contribution in [0.3, 0.4) is 0 Å². The number of nitrogens with two attached hydrogens (primary N) is 1. The lowest BCUT2D eigenvalue weighted by atomic mass is 10.2. The van der Waals surface area contributed by atoms with Crippen LogP contribution >= 0.6 is 11.3 Å². The van der Waals surface area contributed by atoms with Gasteiger partial charge in [0.1, 0.15) is 5.52 Å². The average Bonchev–Trinajstić information content (AvgIpc) is 3.02. The van der Waals surface area contributed by atoms with Gasteiger partial charge in [-0.1, -0.05) is 13.3 Å². The van der Waals surface area contributed by atoms with Crippen LogP contribution in [0.5, 0.6) is 0 Å². The lowest BCUT2D eigenvalue weighted by Gasteiger charge is -2.05. The minimum atomic E-state index is 0.540. The molecule has 3 aromatic heterocycles. The van der Waals surface area contributed by atoms with E-state index in [0.717, 1.165) is 35.4 Å². The number of fused-ring (bicyclic) bond motifs is 1. The first-order valence-corrected chi connectivity index (χ1v) is 7.56. The maximum Gasteiger partial charge on any atom is 0.202 e. The number of imidazole rings is 1. The van der Waals surface area contributed by atoms with Gasteiger partial charge in [0.25, 0.3) is 0 Å². The quantitative estimate of drug-likeness (QED) is 0.798. The van der Waals surface area contributed by atoms with Crippen LogP contribution in [0.1, 0.15) is 29.6 Å². The molecule has 7 heteroatoms. The molecule has 6 nitrogen and oxygen atoms in total. The van der Waals surface area contributed by atoms with Crippen LogP contribution in [0, 0.1) is 6.92 Å². The highest BCUT2D eigenvalue weighted by atomic mass is 32.1. The van der Waals surface area contributed by atoms with E-state index in [-0.39, 0.29) is 0 Å². The van der Waals surface area contributed by atoms with Crippen molar-refractivity contribution in [3.63, 3.8) is 0 Å². The third kappa shape index (κ3) is 1.98. The molecule has 0 fully saturated rings. The molecule has 0 atom stereocenters. The summed E-state index contributed by atoms with van der Waals surface area (Å²) >= 11 is 1.64. The second-order valence-electron chi connectivity index (χ2n) is 4.91. The highest BCUT2D eigenvalue weighted by Gasteiger charge is 2.18. The van der Waals surface area contributed by atoms with Crippen LogP contribution in [-0.4, -0.2) is 24.3 Å². The fourth-order valence-corrected chi connectivity index (χ4v) is 3.21. The summed E-state index contributed by atoms with van der Waals surface area (Å²) in [7, 11) is 1.94. The molecule has 0 saturated carbocycles. The second kappa shape index (κ2) is 4.90. The number of nitrogen functional groups attached to an aromatic ring is 1. The number of nitrogens with zero attached hydrogens (tertiary/aromatic N) is 5. The standard InChI is InChI=1S/C13H18N6S/c1-4-5-9-11-12(18(3)17-9)19(13(14)16-11)6-10-8(2)15-7-20-10/h7H,4-6H2,1-3H3,(H2,14,16). The molecule has 0 unspecified atom stereocenters. The van der Waals surface area contributed by atoms with Crippen molar-refractivity contribution in [2.45, 2.75) is 33.2 Å². The highest BCUT2D eigenvalue weighted by molar-refractivity contribution is 7.09. The molecule has 0 bridgehead atoms. The van der Waals surface area contributed by atoms with E-state index in [9.17, 15) is 0 Å². The zero-order valence-electron chi connectivity index (χ0n) is 11.9. The van der Waals surface area contributed by atoms with E-state index < -0.39 is 0 Å². The molecule has 0 amide bonds. The Bertz CT molecular complexity index is 750. The van der Waals surface area contributed by atoms with E-state index >= 15 is 0 Å². The Morgan fingerprint density at radius 1 is 1.40 bits per heavy atom. The molecule has 2 N–H and O–H groups in total. The van der Waals surface area contributed by atoms with Crippen LogP contribution < -0.4 is 5.73 Å². The first-order valence-electron chi connectivity index (χ1n) is 6.68. The Labute approximate surface area is 121 Å². The second-order valence-corrected chi connectivity index (χ2v) is 5.85. The van der Waals surface area contributed by atoms with E-state index in [0.29, 0.717) is 12.5 Å². The Balaban J connectivity index is 2.11. The molecule has 106 valence electrons. The van der Waals surface area contributed by atoms with Gasteiger partial charge in [-0.2, -0.15) is 5.10 Å². The molecule has 0 aromatic carbocycles. The Morgan fingerprint density at radius 2 is 2.20 bits per heavy atom. The van der Waals surface area contributed by atoms with Crippen molar-refractivity contribution >= 4 is 28.4 Å². The fraction of sp³-hybridized carbons (Fsp3) is 0.462. The molecule has 0 aliphatic heterocycles. The van der Waals surface area contributed by atoms with Crippen LogP contribution in [0.4, 0.5) is 5.95 Å². The number of thiazole rings is 1. The summed E-state index contributed by atoms with van der Waals surface area (Å²) in [6, 6.07) is 0. The molecule has 0 saturated heterocycles. The van der Waals surface area contributed by atoms with Gasteiger partial charge in [0, 0.05) is 11.9 Å². The van der Waals surface area contributed by atoms with Gasteiger partial charge in [-0.15, -0.1) is 11.3 Å². The number of hydrogen-bond acceptors (Lipinski definition) is 5. The van der Waals surface area contributed by atoms with Crippen molar-refractivity contribution in [2.75, 3.05) is 5.73 Å². The minimum absolute atomic E-state index is 0.540. The van der Waals surface area contributed by atoms with Gasteiger partial charge in [0.15, 0.2) is 5.65 Å². The van der Waals surface area contributed by atoms with Crippen molar-refractivity contribution in [3.05, 3.63) is 21.8 Å². The molecular weight excluding hydrogens is 272 g/mol. The maximum absolute atomic E-state index is 6.09. The molecule has 0 aliphatic rings. The van der Waals surface area contributed by atoms with Crippen molar-refractivity contribution in [1.29, 1.82) is 0 Å². The summed E-state index contributed by atoms with van der Waals surface area (Å²) < 4.78 is 3.89. The Hall–Kier alpha value is -1.89. The van der Waals surface area contributed by atoms with E-state index in [4.69, 9.17) is 5.73 Å². The molecule has 0 radical (unpaired) electrons. The van der Waals surface area contributed by atoms with E-state index in [1.807, 2.05) is 28.7 Å². The third-order valence-electron chi connectivity index (χ3n) is 3.45. The van der Waals surface area contributed by atoms with Gasteiger partial charge in [-0.3, -0.25) is 9.25 Å². The van der Waals surface area contributed by atoms with Crippen molar-refractivity contribution < 1.29 is 0 Å². The van der Waals surface area contributed by atoms with E-state index in [1.54, 1.807) is 11.3 Å². The van der Waals surface area contributed by atoms with E-state index in [2.05, 4.69) is 22.0 Å². The highest BCUT2D eigenvalue weighted by Crippen LogP contribution is 2.24. The van der Waals surface area contributed by atoms with Gasteiger partial charge in [-0.05, 0) is 13.3 Å². The number of aromatic nitrogens is 5. The zero-order chi connectivity index (χ0) is 14.3.